The van der Waals surface area contributed by atoms with Gasteiger partial charge in [-0.25, -0.2) is 0 Å². The summed E-state index contributed by atoms with van der Waals surface area (Å²) in [6, 6.07) is 25.3. The molecule has 3 aromatic carbocycles. The van der Waals surface area contributed by atoms with E-state index in [0.717, 1.165) is 30.5 Å². The monoisotopic (exact) mass is 413 g/mol. The Kier molecular flexibility index (Phi) is 6.43. The summed E-state index contributed by atoms with van der Waals surface area (Å²) in [5, 5.41) is 4.30. The minimum Gasteiger partial charge on any atom is -0.355 e. The molecule has 158 valence electrons. The summed E-state index contributed by atoms with van der Waals surface area (Å²) in [5.74, 6) is -0.0512. The Bertz CT molecular complexity index is 1190. The van der Waals surface area contributed by atoms with Crippen molar-refractivity contribution in [2.75, 3.05) is 20.1 Å². The standard InChI is InChI=1S/C26H27N3O2/c1-28(18-20-10-3-2-4-11-20)17-9-16-27-25(30)19-29-23-14-7-5-12-21(23)26(31)22-13-6-8-15-24(22)29/h2-8,10-15H,9,16-19H2,1H3,(H,27,30). The molecule has 1 heterocycles. The lowest BCUT2D eigenvalue weighted by molar-refractivity contribution is -0.121. The maximum Gasteiger partial charge on any atom is 0.239 e. The molecular weight excluding hydrogens is 386 g/mol. The molecule has 0 aliphatic heterocycles. The summed E-state index contributed by atoms with van der Waals surface area (Å²) in [6.07, 6.45) is 0.876. The molecule has 1 N–H and O–H groups in total. The largest absolute Gasteiger partial charge is 0.355 e. The van der Waals surface area contributed by atoms with Gasteiger partial charge in [0.05, 0.1) is 11.0 Å². The molecule has 31 heavy (non-hydrogen) atoms. The maximum atomic E-state index is 12.8. The van der Waals surface area contributed by atoms with Gasteiger partial charge in [0.15, 0.2) is 5.43 Å². The van der Waals surface area contributed by atoms with Gasteiger partial charge < -0.3 is 14.8 Å². The molecule has 0 atom stereocenters. The fourth-order valence-corrected chi connectivity index (χ4v) is 4.00. The molecule has 4 aromatic rings. The Balaban J connectivity index is 1.39. The number of amides is 1. The van der Waals surface area contributed by atoms with Crippen LogP contribution in [-0.4, -0.2) is 35.5 Å². The van der Waals surface area contributed by atoms with E-state index < -0.39 is 0 Å². The van der Waals surface area contributed by atoms with Crippen LogP contribution in [0.15, 0.2) is 83.7 Å². The van der Waals surface area contributed by atoms with E-state index in [1.54, 1.807) is 0 Å². The lowest BCUT2D eigenvalue weighted by Gasteiger charge is -2.17. The number of carbonyl (C=O) groups excluding carboxylic acids is 1. The Morgan fingerprint density at radius 3 is 2.10 bits per heavy atom. The van der Waals surface area contributed by atoms with Crippen molar-refractivity contribution in [3.8, 4) is 0 Å². The van der Waals surface area contributed by atoms with Crippen molar-refractivity contribution in [3.63, 3.8) is 0 Å². The first kappa shape index (κ1) is 20.8. The van der Waals surface area contributed by atoms with Crippen LogP contribution in [0.4, 0.5) is 0 Å². The van der Waals surface area contributed by atoms with E-state index in [1.807, 2.05) is 71.3 Å². The Morgan fingerprint density at radius 2 is 1.45 bits per heavy atom. The van der Waals surface area contributed by atoms with Crippen LogP contribution in [0.2, 0.25) is 0 Å². The van der Waals surface area contributed by atoms with E-state index >= 15 is 0 Å². The van der Waals surface area contributed by atoms with Crippen LogP contribution in [0.25, 0.3) is 21.8 Å². The number of hydrogen-bond acceptors (Lipinski definition) is 3. The minimum absolute atomic E-state index is 0.00399. The van der Waals surface area contributed by atoms with Gasteiger partial charge in [-0.2, -0.15) is 0 Å². The number of para-hydroxylation sites is 2. The quantitative estimate of drug-likeness (QED) is 0.353. The van der Waals surface area contributed by atoms with Crippen molar-refractivity contribution in [2.45, 2.75) is 19.5 Å². The van der Waals surface area contributed by atoms with Crippen LogP contribution in [-0.2, 0) is 17.9 Å². The van der Waals surface area contributed by atoms with Gasteiger partial charge in [-0.3, -0.25) is 9.59 Å². The molecule has 1 amide bonds. The molecule has 4 rings (SSSR count). The third kappa shape index (κ3) is 4.84. The second kappa shape index (κ2) is 9.58. The van der Waals surface area contributed by atoms with Crippen LogP contribution in [0.5, 0.6) is 0 Å². The SMILES string of the molecule is CN(CCCNC(=O)Cn1c2ccccc2c(=O)c2ccccc21)Cc1ccccc1. The first-order valence-corrected chi connectivity index (χ1v) is 10.6. The molecule has 0 unspecified atom stereocenters. The molecule has 0 spiro atoms. The summed E-state index contributed by atoms with van der Waals surface area (Å²) in [7, 11) is 2.09. The zero-order valence-electron chi connectivity index (χ0n) is 17.8. The van der Waals surface area contributed by atoms with Gasteiger partial charge in [-0.15, -0.1) is 0 Å². The number of pyridine rings is 1. The molecule has 0 radical (unpaired) electrons. The minimum atomic E-state index is -0.0512. The number of fused-ring (bicyclic) bond motifs is 2. The number of aromatic nitrogens is 1. The van der Waals surface area contributed by atoms with Crippen LogP contribution < -0.4 is 10.7 Å². The number of nitrogens with zero attached hydrogens (tertiary/aromatic N) is 2. The van der Waals surface area contributed by atoms with Gasteiger partial charge >= 0.3 is 0 Å². The lowest BCUT2D eigenvalue weighted by Crippen LogP contribution is -2.31. The highest BCUT2D eigenvalue weighted by molar-refractivity contribution is 5.94. The molecule has 5 heteroatoms. The van der Waals surface area contributed by atoms with Crippen LogP contribution in [0, 0.1) is 0 Å². The number of carbonyl (C=O) groups is 1. The molecule has 0 saturated carbocycles. The molecule has 0 saturated heterocycles. The fourth-order valence-electron chi connectivity index (χ4n) is 4.00. The fraction of sp³-hybridized carbons (Fsp3) is 0.231. The van der Waals surface area contributed by atoms with Crippen molar-refractivity contribution in [1.82, 2.24) is 14.8 Å². The van der Waals surface area contributed by atoms with E-state index in [-0.39, 0.29) is 17.9 Å². The van der Waals surface area contributed by atoms with Crippen molar-refractivity contribution < 1.29 is 4.79 Å². The van der Waals surface area contributed by atoms with E-state index in [1.165, 1.54) is 5.56 Å². The lowest BCUT2D eigenvalue weighted by atomic mass is 10.1. The van der Waals surface area contributed by atoms with Gasteiger partial charge in [0.1, 0.15) is 6.54 Å². The van der Waals surface area contributed by atoms with Crippen LogP contribution in [0.3, 0.4) is 0 Å². The summed E-state index contributed by atoms with van der Waals surface area (Å²) < 4.78 is 1.93. The highest BCUT2D eigenvalue weighted by Gasteiger charge is 2.12. The zero-order valence-corrected chi connectivity index (χ0v) is 17.8. The highest BCUT2D eigenvalue weighted by Crippen LogP contribution is 2.18. The van der Waals surface area contributed by atoms with Crippen molar-refractivity contribution in [2.24, 2.45) is 0 Å². The smallest absolute Gasteiger partial charge is 0.239 e. The van der Waals surface area contributed by atoms with Crippen LogP contribution >= 0.6 is 0 Å². The van der Waals surface area contributed by atoms with Crippen molar-refractivity contribution in [1.29, 1.82) is 0 Å². The summed E-state index contributed by atoms with van der Waals surface area (Å²) in [5.41, 5.74) is 2.85. The normalized spacial score (nSPS) is 11.3. The number of hydrogen-bond donors (Lipinski definition) is 1. The molecule has 0 aliphatic carbocycles. The van der Waals surface area contributed by atoms with Crippen molar-refractivity contribution >= 4 is 27.7 Å². The van der Waals surface area contributed by atoms with Gasteiger partial charge in [0, 0.05) is 23.9 Å². The Morgan fingerprint density at radius 1 is 0.871 bits per heavy atom. The predicted octanol–water partition coefficient (Wildman–Crippen LogP) is 3.79. The van der Waals surface area contributed by atoms with Crippen LogP contribution in [0.1, 0.15) is 12.0 Å². The first-order valence-electron chi connectivity index (χ1n) is 10.6. The van der Waals surface area contributed by atoms with Crippen molar-refractivity contribution in [3.05, 3.63) is 94.6 Å². The Hall–Kier alpha value is -3.44. The van der Waals surface area contributed by atoms with E-state index in [0.29, 0.717) is 17.3 Å². The topological polar surface area (TPSA) is 54.3 Å². The number of nitrogens with one attached hydrogen (secondary N) is 1. The molecule has 5 nitrogen and oxygen atoms in total. The average molecular weight is 414 g/mol. The second-order valence-electron chi connectivity index (χ2n) is 7.88. The van der Waals surface area contributed by atoms with E-state index in [4.69, 9.17) is 0 Å². The molecule has 1 aromatic heterocycles. The highest BCUT2D eigenvalue weighted by atomic mass is 16.2. The molecule has 0 bridgehead atoms. The third-order valence-corrected chi connectivity index (χ3v) is 5.51. The zero-order chi connectivity index (χ0) is 21.6. The number of benzene rings is 3. The predicted molar refractivity (Wildman–Crippen MR) is 126 cm³/mol. The Labute approximate surface area is 181 Å². The van der Waals surface area contributed by atoms with E-state index in [9.17, 15) is 9.59 Å². The maximum absolute atomic E-state index is 12.8. The van der Waals surface area contributed by atoms with Gasteiger partial charge in [-0.05, 0) is 49.8 Å². The van der Waals surface area contributed by atoms with Gasteiger partial charge in [0.2, 0.25) is 5.91 Å². The second-order valence-corrected chi connectivity index (χ2v) is 7.88. The summed E-state index contributed by atoms with van der Waals surface area (Å²) in [4.78, 5) is 27.8. The van der Waals surface area contributed by atoms with Gasteiger partial charge in [0.25, 0.3) is 0 Å². The molecule has 0 fully saturated rings. The molecular formula is C26H27N3O2. The third-order valence-electron chi connectivity index (χ3n) is 5.51. The molecule has 0 aliphatic rings. The number of rotatable bonds is 8. The first-order chi connectivity index (χ1) is 15.1. The van der Waals surface area contributed by atoms with Gasteiger partial charge in [-0.1, -0.05) is 54.6 Å². The average Bonchev–Trinajstić information content (AvgIpc) is 2.80. The van der Waals surface area contributed by atoms with E-state index in [2.05, 4.69) is 29.4 Å². The summed E-state index contributed by atoms with van der Waals surface area (Å²) in [6.45, 7) is 2.60. The summed E-state index contributed by atoms with van der Waals surface area (Å²) >= 11 is 0.